The van der Waals surface area contributed by atoms with Gasteiger partial charge in [-0.15, -0.1) is 0 Å². The number of ketones is 1. The number of hydrogen-bond donors (Lipinski definition) is 1. The fourth-order valence-corrected chi connectivity index (χ4v) is 4.74. The second-order valence-corrected chi connectivity index (χ2v) is 7.59. The topological polar surface area (TPSA) is 53.2 Å². The van der Waals surface area contributed by atoms with Crippen LogP contribution >= 0.6 is 0 Å². The molecule has 2 atom stereocenters. The van der Waals surface area contributed by atoms with Crippen molar-refractivity contribution in [2.45, 2.75) is 17.8 Å². The molecule has 0 bridgehead atoms. The van der Waals surface area contributed by atoms with Gasteiger partial charge in [-0.2, -0.15) is 0 Å². The van der Waals surface area contributed by atoms with Crippen LogP contribution in [-0.2, 0) is 10.2 Å². The molecule has 2 unspecified atom stereocenters. The van der Waals surface area contributed by atoms with Gasteiger partial charge in [-0.1, -0.05) is 48.5 Å². The Labute approximate surface area is 160 Å². The number of alkyl halides is 2. The standard InChI is InChI=1S/C22H18F2N2O2/c23-22(24)18-13-26(11-10-21(18,22)14-6-2-1-3-7-14)20(28)19(27)16-12-25-17-9-5-4-8-15(16)17/h1-9,12,18,25H,10-11,13H2. The third-order valence-electron chi connectivity index (χ3n) is 6.33. The molecule has 28 heavy (non-hydrogen) atoms. The van der Waals surface area contributed by atoms with Crippen molar-refractivity contribution in [2.24, 2.45) is 5.92 Å². The van der Waals surface area contributed by atoms with Crippen molar-refractivity contribution in [2.75, 3.05) is 13.1 Å². The first-order chi connectivity index (χ1) is 13.5. The summed E-state index contributed by atoms with van der Waals surface area (Å²) in [6, 6.07) is 16.0. The van der Waals surface area contributed by atoms with Gasteiger partial charge in [0, 0.05) is 30.2 Å². The van der Waals surface area contributed by atoms with Crippen LogP contribution in [0.2, 0.25) is 0 Å². The van der Waals surface area contributed by atoms with E-state index in [1.165, 1.54) is 11.1 Å². The number of rotatable bonds is 3. The van der Waals surface area contributed by atoms with Gasteiger partial charge in [-0.05, 0) is 18.1 Å². The highest BCUT2D eigenvalue weighted by Crippen LogP contribution is 2.70. The molecular formula is C22H18F2N2O2. The number of piperidine rings is 1. The number of likely N-dealkylation sites (tertiary alicyclic amines) is 1. The molecule has 3 aromatic rings. The first-order valence-electron chi connectivity index (χ1n) is 9.30. The molecule has 1 aliphatic heterocycles. The van der Waals surface area contributed by atoms with Gasteiger partial charge in [-0.3, -0.25) is 9.59 Å². The number of Topliss-reactive ketones (excluding diaryl/α,β-unsaturated/α-hetero) is 1. The van der Waals surface area contributed by atoms with Crippen LogP contribution in [0.3, 0.4) is 0 Å². The van der Waals surface area contributed by atoms with Gasteiger partial charge >= 0.3 is 0 Å². The van der Waals surface area contributed by atoms with Crippen LogP contribution in [0.25, 0.3) is 10.9 Å². The molecular weight excluding hydrogens is 362 g/mol. The Balaban J connectivity index is 1.39. The number of nitrogens with zero attached hydrogens (tertiary/aromatic N) is 1. The maximum absolute atomic E-state index is 14.7. The number of halogens is 2. The summed E-state index contributed by atoms with van der Waals surface area (Å²) in [6.07, 6.45) is 1.66. The minimum absolute atomic E-state index is 0.102. The Morgan fingerprint density at radius 2 is 1.75 bits per heavy atom. The van der Waals surface area contributed by atoms with Crippen molar-refractivity contribution < 1.29 is 18.4 Å². The average Bonchev–Trinajstić information content (AvgIpc) is 3.03. The van der Waals surface area contributed by atoms with Crippen LogP contribution in [0.1, 0.15) is 22.3 Å². The monoisotopic (exact) mass is 380 g/mol. The SMILES string of the molecule is O=C(C(=O)N1CCC2(c3ccccc3)C(C1)C2(F)F)c1c[nH]c2ccccc12. The van der Waals surface area contributed by atoms with Gasteiger partial charge in [0.1, 0.15) is 0 Å². The van der Waals surface area contributed by atoms with Crippen LogP contribution in [0, 0.1) is 5.92 Å². The van der Waals surface area contributed by atoms with Gasteiger partial charge in [0.25, 0.3) is 17.6 Å². The highest BCUT2D eigenvalue weighted by atomic mass is 19.3. The van der Waals surface area contributed by atoms with Crippen LogP contribution in [0.15, 0.2) is 60.8 Å². The highest BCUT2D eigenvalue weighted by molar-refractivity contribution is 6.44. The van der Waals surface area contributed by atoms with Crippen molar-refractivity contribution in [3.63, 3.8) is 0 Å². The summed E-state index contributed by atoms with van der Waals surface area (Å²) >= 11 is 0. The Morgan fingerprint density at radius 3 is 2.50 bits per heavy atom. The van der Waals surface area contributed by atoms with Crippen LogP contribution in [0.4, 0.5) is 8.78 Å². The number of nitrogens with one attached hydrogen (secondary N) is 1. The van der Waals surface area contributed by atoms with E-state index in [-0.39, 0.29) is 25.1 Å². The lowest BCUT2D eigenvalue weighted by Crippen LogP contribution is -2.43. The van der Waals surface area contributed by atoms with E-state index in [1.807, 2.05) is 12.1 Å². The first kappa shape index (κ1) is 17.1. The maximum atomic E-state index is 14.7. The predicted molar refractivity (Wildman–Crippen MR) is 100 cm³/mol. The molecule has 1 aliphatic carbocycles. The number of benzene rings is 2. The van der Waals surface area contributed by atoms with Crippen molar-refractivity contribution in [1.29, 1.82) is 0 Å². The maximum Gasteiger partial charge on any atom is 0.295 e. The molecule has 1 N–H and O–H groups in total. The predicted octanol–water partition coefficient (Wildman–Crippen LogP) is 3.79. The molecule has 2 aliphatic rings. The Morgan fingerprint density at radius 1 is 1.04 bits per heavy atom. The number of carbonyl (C=O) groups excluding carboxylic acids is 2. The van der Waals surface area contributed by atoms with Crippen molar-refractivity contribution in [1.82, 2.24) is 9.88 Å². The lowest BCUT2D eigenvalue weighted by Gasteiger charge is -2.30. The van der Waals surface area contributed by atoms with E-state index in [4.69, 9.17) is 0 Å². The molecule has 2 heterocycles. The summed E-state index contributed by atoms with van der Waals surface area (Å²) in [5, 5.41) is 0.660. The lowest BCUT2D eigenvalue weighted by atomic mass is 9.87. The molecule has 6 heteroatoms. The molecule has 1 saturated heterocycles. The summed E-state index contributed by atoms with van der Waals surface area (Å²) in [7, 11) is 0. The molecule has 0 radical (unpaired) electrons. The number of aromatic nitrogens is 1. The van der Waals surface area contributed by atoms with Crippen molar-refractivity contribution in [3.8, 4) is 0 Å². The van der Waals surface area contributed by atoms with Gasteiger partial charge in [0.2, 0.25) is 0 Å². The number of fused-ring (bicyclic) bond motifs is 2. The number of para-hydroxylation sites is 1. The highest BCUT2D eigenvalue weighted by Gasteiger charge is 2.81. The molecule has 4 nitrogen and oxygen atoms in total. The van der Waals surface area contributed by atoms with Gasteiger partial charge < -0.3 is 9.88 Å². The minimum Gasteiger partial charge on any atom is -0.360 e. The van der Waals surface area contributed by atoms with Crippen molar-refractivity contribution in [3.05, 3.63) is 71.9 Å². The molecule has 2 aromatic carbocycles. The molecule has 5 rings (SSSR count). The quantitative estimate of drug-likeness (QED) is 0.555. The molecule has 2 fully saturated rings. The number of hydrogen-bond acceptors (Lipinski definition) is 2. The average molecular weight is 380 g/mol. The normalized spacial score (nSPS) is 25.4. The summed E-state index contributed by atoms with van der Waals surface area (Å²) < 4.78 is 29.5. The zero-order valence-corrected chi connectivity index (χ0v) is 15.0. The zero-order chi connectivity index (χ0) is 19.5. The van der Waals surface area contributed by atoms with Gasteiger partial charge in [0.15, 0.2) is 0 Å². The summed E-state index contributed by atoms with van der Waals surface area (Å²) in [6.45, 7) is 0.0444. The second-order valence-electron chi connectivity index (χ2n) is 7.59. The van der Waals surface area contributed by atoms with Gasteiger partial charge in [0.05, 0.1) is 16.9 Å². The van der Waals surface area contributed by atoms with Crippen LogP contribution in [0.5, 0.6) is 0 Å². The lowest BCUT2D eigenvalue weighted by molar-refractivity contribution is -0.127. The second kappa shape index (κ2) is 5.74. The largest absolute Gasteiger partial charge is 0.360 e. The Kier molecular flexibility index (Phi) is 3.50. The molecule has 1 aromatic heterocycles. The number of H-pyrrole nitrogens is 1. The van der Waals surface area contributed by atoms with E-state index < -0.39 is 28.9 Å². The summed E-state index contributed by atoms with van der Waals surface area (Å²) in [5.41, 5.74) is 0.437. The van der Waals surface area contributed by atoms with Gasteiger partial charge in [-0.25, -0.2) is 8.78 Å². The fraction of sp³-hybridized carbons (Fsp3) is 0.273. The molecule has 1 amide bonds. The van der Waals surface area contributed by atoms with E-state index in [1.54, 1.807) is 42.5 Å². The number of amides is 1. The number of aromatic amines is 1. The van der Waals surface area contributed by atoms with Crippen LogP contribution in [-0.4, -0.2) is 40.6 Å². The first-order valence-corrected chi connectivity index (χ1v) is 9.30. The minimum atomic E-state index is -2.87. The Bertz CT molecular complexity index is 1090. The third-order valence-corrected chi connectivity index (χ3v) is 6.33. The summed E-state index contributed by atoms with van der Waals surface area (Å²) in [4.78, 5) is 29.8. The van der Waals surface area contributed by atoms with Crippen LogP contribution < -0.4 is 0 Å². The smallest absolute Gasteiger partial charge is 0.295 e. The molecule has 1 saturated carbocycles. The number of carbonyl (C=O) groups is 2. The Hall–Kier alpha value is -3.02. The van der Waals surface area contributed by atoms with E-state index in [2.05, 4.69) is 4.98 Å². The third kappa shape index (κ3) is 2.14. The zero-order valence-electron chi connectivity index (χ0n) is 15.0. The summed E-state index contributed by atoms with van der Waals surface area (Å²) in [5.74, 6) is -5.19. The van der Waals surface area contributed by atoms with E-state index in [0.29, 0.717) is 10.9 Å². The molecule has 142 valence electrons. The molecule has 0 spiro atoms. The fourth-order valence-electron chi connectivity index (χ4n) is 4.74. The van der Waals surface area contributed by atoms with Crippen molar-refractivity contribution >= 4 is 22.6 Å². The van der Waals surface area contributed by atoms with E-state index >= 15 is 0 Å². The van der Waals surface area contributed by atoms with E-state index in [9.17, 15) is 18.4 Å². The van der Waals surface area contributed by atoms with E-state index in [0.717, 1.165) is 5.52 Å².